The van der Waals surface area contributed by atoms with Gasteiger partial charge in [0.25, 0.3) is 0 Å². The van der Waals surface area contributed by atoms with Crippen LogP contribution >= 0.6 is 0 Å². The van der Waals surface area contributed by atoms with Crippen LogP contribution in [0.3, 0.4) is 0 Å². The lowest BCUT2D eigenvalue weighted by atomic mass is 9.96. The van der Waals surface area contributed by atoms with Crippen molar-refractivity contribution in [1.29, 1.82) is 0 Å². The predicted molar refractivity (Wildman–Crippen MR) is 41.7 cm³/mol. The molecule has 1 fully saturated rings. The summed E-state index contributed by atoms with van der Waals surface area (Å²) in [5.41, 5.74) is 0. The van der Waals surface area contributed by atoms with Gasteiger partial charge in [0.05, 0.1) is 19.1 Å². The van der Waals surface area contributed by atoms with E-state index >= 15 is 0 Å². The second-order valence-electron chi connectivity index (χ2n) is 3.10. The van der Waals surface area contributed by atoms with E-state index in [4.69, 9.17) is 14.6 Å². The average molecular weight is 174 g/mol. The van der Waals surface area contributed by atoms with Crippen molar-refractivity contribution >= 4 is 5.97 Å². The number of ether oxygens (including phenoxy) is 2. The Kier molecular flexibility index (Phi) is 3.05. The molecule has 0 bridgehead atoms. The average Bonchev–Trinajstić information content (AvgIpc) is 2.53. The normalized spacial score (nSPS) is 23.8. The molecule has 2 unspecified atom stereocenters. The van der Waals surface area contributed by atoms with Gasteiger partial charge in [-0.15, -0.1) is 0 Å². The highest BCUT2D eigenvalue weighted by molar-refractivity contribution is 5.69. The van der Waals surface area contributed by atoms with Crippen LogP contribution in [0.4, 0.5) is 0 Å². The quantitative estimate of drug-likeness (QED) is 0.684. The Morgan fingerprint density at radius 1 is 1.42 bits per heavy atom. The van der Waals surface area contributed by atoms with Gasteiger partial charge in [0.2, 0.25) is 0 Å². The van der Waals surface area contributed by atoms with E-state index in [1.807, 2.05) is 6.92 Å². The molecule has 70 valence electrons. The van der Waals surface area contributed by atoms with Gasteiger partial charge in [0, 0.05) is 5.92 Å². The summed E-state index contributed by atoms with van der Waals surface area (Å²) >= 11 is 0. The number of carboxylic acids is 1. The molecule has 0 aliphatic carbocycles. The molecule has 1 heterocycles. The van der Waals surface area contributed by atoms with Gasteiger partial charge in [-0.05, 0) is 0 Å². The fraction of sp³-hybridized carbons (Fsp3) is 0.875. The van der Waals surface area contributed by atoms with Crippen LogP contribution < -0.4 is 0 Å². The van der Waals surface area contributed by atoms with E-state index in [9.17, 15) is 4.79 Å². The van der Waals surface area contributed by atoms with Gasteiger partial charge >= 0.3 is 5.97 Å². The van der Waals surface area contributed by atoms with Crippen LogP contribution in [0.25, 0.3) is 0 Å². The lowest BCUT2D eigenvalue weighted by Gasteiger charge is -2.20. The molecule has 1 N–H and O–H groups in total. The van der Waals surface area contributed by atoms with Crippen molar-refractivity contribution in [2.75, 3.05) is 13.2 Å². The van der Waals surface area contributed by atoms with Gasteiger partial charge in [0.15, 0.2) is 6.29 Å². The zero-order valence-electron chi connectivity index (χ0n) is 7.32. The number of rotatable bonds is 3. The first-order valence-corrected chi connectivity index (χ1v) is 4.09. The van der Waals surface area contributed by atoms with E-state index in [1.54, 1.807) is 6.92 Å². The molecule has 0 aromatic carbocycles. The first kappa shape index (κ1) is 9.48. The summed E-state index contributed by atoms with van der Waals surface area (Å²) in [5, 5.41) is 8.70. The molecule has 0 amide bonds. The third-order valence-electron chi connectivity index (χ3n) is 2.26. The Balaban J connectivity index is 2.44. The van der Waals surface area contributed by atoms with Crippen molar-refractivity contribution in [3.8, 4) is 0 Å². The van der Waals surface area contributed by atoms with Crippen LogP contribution in [0.2, 0.25) is 0 Å². The first-order valence-electron chi connectivity index (χ1n) is 4.09. The van der Waals surface area contributed by atoms with Crippen LogP contribution in [-0.4, -0.2) is 30.6 Å². The molecule has 4 nitrogen and oxygen atoms in total. The smallest absolute Gasteiger partial charge is 0.306 e. The Bertz CT molecular complexity index is 162. The van der Waals surface area contributed by atoms with Crippen LogP contribution in [0.1, 0.15) is 13.8 Å². The van der Waals surface area contributed by atoms with E-state index in [1.165, 1.54) is 0 Å². The van der Waals surface area contributed by atoms with Gasteiger partial charge < -0.3 is 14.6 Å². The summed E-state index contributed by atoms with van der Waals surface area (Å²) < 4.78 is 10.4. The van der Waals surface area contributed by atoms with Gasteiger partial charge in [-0.1, -0.05) is 13.8 Å². The lowest BCUT2D eigenvalue weighted by molar-refractivity contribution is -0.150. The number of carboxylic acid groups (broad SMARTS) is 1. The summed E-state index contributed by atoms with van der Waals surface area (Å²) in [5.74, 6) is -1.32. The lowest BCUT2D eigenvalue weighted by Crippen LogP contribution is -2.29. The largest absolute Gasteiger partial charge is 0.481 e. The van der Waals surface area contributed by atoms with Crippen LogP contribution in [0.15, 0.2) is 0 Å². The Morgan fingerprint density at radius 2 is 1.92 bits per heavy atom. The maximum atomic E-state index is 10.6. The van der Waals surface area contributed by atoms with E-state index in [2.05, 4.69) is 0 Å². The predicted octanol–water partition coefficient (Wildman–Crippen LogP) is 0.716. The van der Waals surface area contributed by atoms with Crippen molar-refractivity contribution in [1.82, 2.24) is 0 Å². The second kappa shape index (κ2) is 3.87. The summed E-state index contributed by atoms with van der Waals surface area (Å²) in [6.45, 7) is 4.63. The molecule has 4 heteroatoms. The molecule has 1 saturated heterocycles. The molecule has 1 rings (SSSR count). The fourth-order valence-corrected chi connectivity index (χ4v) is 1.14. The van der Waals surface area contributed by atoms with Crippen molar-refractivity contribution in [3.63, 3.8) is 0 Å². The van der Waals surface area contributed by atoms with E-state index in [-0.39, 0.29) is 12.2 Å². The Morgan fingerprint density at radius 3 is 2.33 bits per heavy atom. The van der Waals surface area contributed by atoms with Crippen molar-refractivity contribution in [2.45, 2.75) is 20.1 Å². The number of hydrogen-bond acceptors (Lipinski definition) is 3. The van der Waals surface area contributed by atoms with E-state index in [0.717, 1.165) is 0 Å². The molecule has 0 spiro atoms. The highest BCUT2D eigenvalue weighted by Gasteiger charge is 2.30. The number of carbonyl (C=O) groups is 1. The topological polar surface area (TPSA) is 55.8 Å². The molecule has 0 radical (unpaired) electrons. The molecule has 1 aliphatic heterocycles. The third kappa shape index (κ3) is 1.95. The number of aliphatic carboxylic acids is 1. The standard InChI is InChI=1S/C8H14O4/c1-5(7(9)10)6(2)8-11-3-4-12-8/h5-6,8H,3-4H2,1-2H3,(H,9,10). The fourth-order valence-electron chi connectivity index (χ4n) is 1.14. The molecular weight excluding hydrogens is 160 g/mol. The monoisotopic (exact) mass is 174 g/mol. The van der Waals surface area contributed by atoms with E-state index in [0.29, 0.717) is 13.2 Å². The summed E-state index contributed by atoms with van der Waals surface area (Å²) in [4.78, 5) is 10.6. The van der Waals surface area contributed by atoms with Gasteiger partial charge in [-0.25, -0.2) is 0 Å². The highest BCUT2D eigenvalue weighted by Crippen LogP contribution is 2.21. The molecule has 2 atom stereocenters. The molecule has 0 saturated carbocycles. The minimum absolute atomic E-state index is 0.0926. The SMILES string of the molecule is CC(C(=O)O)C(C)C1OCCO1. The highest BCUT2D eigenvalue weighted by atomic mass is 16.7. The third-order valence-corrected chi connectivity index (χ3v) is 2.26. The van der Waals surface area contributed by atoms with E-state index < -0.39 is 11.9 Å². The summed E-state index contributed by atoms with van der Waals surface area (Å²) in [6, 6.07) is 0. The zero-order valence-corrected chi connectivity index (χ0v) is 7.32. The van der Waals surface area contributed by atoms with Crippen LogP contribution in [0.5, 0.6) is 0 Å². The minimum Gasteiger partial charge on any atom is -0.481 e. The van der Waals surface area contributed by atoms with Gasteiger partial charge in [0.1, 0.15) is 0 Å². The van der Waals surface area contributed by atoms with Crippen molar-refractivity contribution in [2.24, 2.45) is 11.8 Å². The Labute approximate surface area is 71.5 Å². The van der Waals surface area contributed by atoms with Crippen molar-refractivity contribution < 1.29 is 19.4 Å². The molecule has 1 aliphatic rings. The molecule has 12 heavy (non-hydrogen) atoms. The summed E-state index contributed by atoms with van der Waals surface area (Å²) in [6.07, 6.45) is -0.337. The summed E-state index contributed by atoms with van der Waals surface area (Å²) in [7, 11) is 0. The first-order chi connectivity index (χ1) is 5.63. The molecular formula is C8H14O4. The second-order valence-corrected chi connectivity index (χ2v) is 3.10. The van der Waals surface area contributed by atoms with Crippen LogP contribution in [-0.2, 0) is 14.3 Å². The maximum Gasteiger partial charge on any atom is 0.306 e. The maximum absolute atomic E-state index is 10.6. The van der Waals surface area contributed by atoms with Crippen LogP contribution in [0, 0.1) is 11.8 Å². The molecule has 0 aromatic heterocycles. The zero-order chi connectivity index (χ0) is 9.14. The number of hydrogen-bond donors (Lipinski definition) is 1. The van der Waals surface area contributed by atoms with Crippen molar-refractivity contribution in [3.05, 3.63) is 0 Å². The molecule has 0 aromatic rings. The van der Waals surface area contributed by atoms with Gasteiger partial charge in [-0.2, -0.15) is 0 Å². The van der Waals surface area contributed by atoms with Gasteiger partial charge in [-0.3, -0.25) is 4.79 Å². The minimum atomic E-state index is -0.804. The Hall–Kier alpha value is -0.610.